The maximum atomic E-state index is 12.0. The average Bonchev–Trinajstić information content (AvgIpc) is 3.21. The first-order valence-electron chi connectivity index (χ1n) is 7.27. The van der Waals surface area contributed by atoms with E-state index in [1.165, 1.54) is 15.6 Å². The van der Waals surface area contributed by atoms with E-state index in [9.17, 15) is 13.2 Å². The van der Waals surface area contributed by atoms with Crippen molar-refractivity contribution in [1.29, 1.82) is 0 Å². The van der Waals surface area contributed by atoms with Crippen molar-refractivity contribution >= 4 is 27.3 Å². The predicted molar refractivity (Wildman–Crippen MR) is 82.2 cm³/mol. The Hall–Kier alpha value is -1.03. The molecule has 122 valence electrons. The summed E-state index contributed by atoms with van der Waals surface area (Å²) in [5.74, 6) is 0.208. The molecule has 2 fully saturated rings. The number of hydrogen-bond acceptors (Lipinski definition) is 6. The molecule has 0 radical (unpaired) electrons. The lowest BCUT2D eigenvalue weighted by Crippen LogP contribution is -2.35. The number of amides is 1. The zero-order valence-electron chi connectivity index (χ0n) is 12.3. The Morgan fingerprint density at radius 2 is 2.36 bits per heavy atom. The van der Waals surface area contributed by atoms with Crippen LogP contribution < -0.4 is 5.32 Å². The van der Waals surface area contributed by atoms with E-state index in [0.717, 1.165) is 0 Å². The molecule has 22 heavy (non-hydrogen) atoms. The van der Waals surface area contributed by atoms with Crippen molar-refractivity contribution in [3.63, 3.8) is 0 Å². The van der Waals surface area contributed by atoms with Gasteiger partial charge in [0.05, 0.1) is 24.0 Å². The first-order chi connectivity index (χ1) is 10.5. The van der Waals surface area contributed by atoms with Crippen molar-refractivity contribution in [2.75, 3.05) is 32.0 Å². The Morgan fingerprint density at radius 1 is 1.55 bits per heavy atom. The number of rotatable bonds is 5. The maximum absolute atomic E-state index is 12.0. The van der Waals surface area contributed by atoms with Crippen LogP contribution in [0, 0.1) is 11.8 Å². The number of nitrogens with zero attached hydrogens (tertiary/aromatic N) is 2. The molecule has 1 N–H and O–H groups in total. The first-order valence-corrected chi connectivity index (χ1v) is 9.82. The lowest BCUT2D eigenvalue weighted by atomic mass is 9.93. The lowest BCUT2D eigenvalue weighted by Gasteiger charge is -2.19. The number of nitrogens with one attached hydrogen (secondary N) is 1. The molecule has 1 amide bonds. The monoisotopic (exact) mass is 345 g/mol. The fraction of sp³-hybridized carbons (Fsp3) is 0.692. The van der Waals surface area contributed by atoms with E-state index < -0.39 is 10.0 Å². The minimum atomic E-state index is -3.17. The van der Waals surface area contributed by atoms with Crippen LogP contribution in [0.1, 0.15) is 17.4 Å². The number of thiazole rings is 1. The van der Waals surface area contributed by atoms with Crippen LogP contribution in [0.3, 0.4) is 0 Å². The summed E-state index contributed by atoms with van der Waals surface area (Å²) in [5, 5.41) is 4.57. The Balaban J connectivity index is 1.57. The van der Waals surface area contributed by atoms with Gasteiger partial charge in [0.25, 0.3) is 5.91 Å². The molecule has 3 atom stereocenters. The summed E-state index contributed by atoms with van der Waals surface area (Å²) in [6.45, 7) is 3.61. The molecule has 0 aromatic carbocycles. The predicted octanol–water partition coefficient (Wildman–Crippen LogP) is 0.169. The molecule has 7 nitrogen and oxygen atoms in total. The van der Waals surface area contributed by atoms with Crippen LogP contribution in [-0.2, 0) is 14.8 Å². The second kappa shape index (κ2) is 6.23. The van der Waals surface area contributed by atoms with Crippen LogP contribution in [0.2, 0.25) is 0 Å². The summed E-state index contributed by atoms with van der Waals surface area (Å²) in [6, 6.07) is 0. The molecule has 0 aliphatic carbocycles. The van der Waals surface area contributed by atoms with Crippen molar-refractivity contribution in [3.8, 4) is 0 Å². The standard InChI is InChI=1S/C13H19N3O4S2/c1-2-22(18,19)16-4-10-9(6-20-12(10)5-16)3-14-13(17)11-7-21-8-15-11/h7-10,12H,2-6H2,1H3,(H,14,17)/t9-,10+,12+/m0/s1. The second-order valence-corrected chi connectivity index (χ2v) is 8.57. The van der Waals surface area contributed by atoms with Gasteiger partial charge in [0.2, 0.25) is 10.0 Å². The highest BCUT2D eigenvalue weighted by Gasteiger charge is 2.46. The number of carbonyl (C=O) groups excluding carboxylic acids is 1. The minimum Gasteiger partial charge on any atom is -0.376 e. The molecule has 0 saturated carbocycles. The van der Waals surface area contributed by atoms with Crippen molar-refractivity contribution in [2.24, 2.45) is 11.8 Å². The summed E-state index contributed by atoms with van der Waals surface area (Å²) in [7, 11) is -3.17. The van der Waals surface area contributed by atoms with Gasteiger partial charge in [-0.1, -0.05) is 0 Å². The van der Waals surface area contributed by atoms with E-state index in [2.05, 4.69) is 10.3 Å². The van der Waals surface area contributed by atoms with Gasteiger partial charge >= 0.3 is 0 Å². The fourth-order valence-corrected chi connectivity index (χ4v) is 4.69. The molecule has 1 aromatic rings. The Labute approximate surface area is 133 Å². The zero-order valence-corrected chi connectivity index (χ0v) is 13.9. The van der Waals surface area contributed by atoms with Crippen LogP contribution in [0.4, 0.5) is 0 Å². The lowest BCUT2D eigenvalue weighted by molar-refractivity contribution is 0.0928. The van der Waals surface area contributed by atoms with Crippen LogP contribution in [0.25, 0.3) is 0 Å². The SMILES string of the molecule is CCS(=O)(=O)N1C[C@@H]2[C@@H](CNC(=O)c3cscn3)CO[C@@H]2C1. The van der Waals surface area contributed by atoms with Gasteiger partial charge in [0, 0.05) is 36.9 Å². The number of fused-ring (bicyclic) bond motifs is 1. The van der Waals surface area contributed by atoms with Gasteiger partial charge in [-0.2, -0.15) is 4.31 Å². The van der Waals surface area contributed by atoms with E-state index in [-0.39, 0.29) is 29.6 Å². The topological polar surface area (TPSA) is 88.6 Å². The van der Waals surface area contributed by atoms with Crippen molar-refractivity contribution in [3.05, 3.63) is 16.6 Å². The molecule has 2 aliphatic rings. The van der Waals surface area contributed by atoms with Gasteiger partial charge < -0.3 is 10.1 Å². The first kappa shape index (κ1) is 15.9. The number of hydrogen-bond donors (Lipinski definition) is 1. The van der Waals surface area contributed by atoms with Crippen molar-refractivity contribution < 1.29 is 17.9 Å². The third-order valence-electron chi connectivity index (χ3n) is 4.35. The molecular weight excluding hydrogens is 326 g/mol. The molecule has 1 aromatic heterocycles. The van der Waals surface area contributed by atoms with E-state index >= 15 is 0 Å². The Bertz CT molecular complexity index is 632. The Morgan fingerprint density at radius 3 is 3.05 bits per heavy atom. The molecule has 2 aliphatic heterocycles. The van der Waals surface area contributed by atoms with Crippen LogP contribution >= 0.6 is 11.3 Å². The molecular formula is C13H19N3O4S2. The van der Waals surface area contributed by atoms with E-state index in [4.69, 9.17) is 4.74 Å². The van der Waals surface area contributed by atoms with Crippen LogP contribution in [0.15, 0.2) is 10.9 Å². The average molecular weight is 345 g/mol. The summed E-state index contributed by atoms with van der Waals surface area (Å²) >= 11 is 1.38. The second-order valence-electron chi connectivity index (χ2n) is 5.60. The molecule has 3 heterocycles. The van der Waals surface area contributed by atoms with Crippen molar-refractivity contribution in [2.45, 2.75) is 13.0 Å². The van der Waals surface area contributed by atoms with E-state index in [0.29, 0.717) is 31.9 Å². The number of sulfonamides is 1. The molecule has 3 rings (SSSR count). The normalized spacial score (nSPS) is 28.7. The smallest absolute Gasteiger partial charge is 0.270 e. The molecule has 2 saturated heterocycles. The number of ether oxygens (including phenoxy) is 1. The summed E-state index contributed by atoms with van der Waals surface area (Å²) in [4.78, 5) is 15.9. The fourth-order valence-electron chi connectivity index (χ4n) is 3.02. The molecule has 0 unspecified atom stereocenters. The third kappa shape index (κ3) is 3.03. The van der Waals surface area contributed by atoms with Gasteiger partial charge in [-0.05, 0) is 6.92 Å². The van der Waals surface area contributed by atoms with Crippen LogP contribution in [-0.4, -0.2) is 61.7 Å². The Kier molecular flexibility index (Phi) is 4.49. The highest BCUT2D eigenvalue weighted by Crippen LogP contribution is 2.34. The highest BCUT2D eigenvalue weighted by molar-refractivity contribution is 7.89. The molecule has 0 spiro atoms. The molecule has 0 bridgehead atoms. The molecule has 9 heteroatoms. The summed E-state index contributed by atoms with van der Waals surface area (Å²) in [6.07, 6.45) is -0.0532. The van der Waals surface area contributed by atoms with Gasteiger partial charge in [-0.15, -0.1) is 11.3 Å². The third-order valence-corrected chi connectivity index (χ3v) is 6.75. The van der Waals surface area contributed by atoms with Gasteiger partial charge in [0.1, 0.15) is 5.69 Å². The quantitative estimate of drug-likeness (QED) is 0.822. The summed E-state index contributed by atoms with van der Waals surface area (Å²) < 4.78 is 31.1. The van der Waals surface area contributed by atoms with Crippen molar-refractivity contribution in [1.82, 2.24) is 14.6 Å². The van der Waals surface area contributed by atoms with Gasteiger partial charge in [-0.25, -0.2) is 13.4 Å². The number of aromatic nitrogens is 1. The van der Waals surface area contributed by atoms with E-state index in [1.807, 2.05) is 0 Å². The highest BCUT2D eigenvalue weighted by atomic mass is 32.2. The largest absolute Gasteiger partial charge is 0.376 e. The van der Waals surface area contributed by atoms with E-state index in [1.54, 1.807) is 17.8 Å². The summed E-state index contributed by atoms with van der Waals surface area (Å²) in [5.41, 5.74) is 2.04. The van der Waals surface area contributed by atoms with Crippen LogP contribution in [0.5, 0.6) is 0 Å². The van der Waals surface area contributed by atoms with Gasteiger partial charge in [-0.3, -0.25) is 4.79 Å². The minimum absolute atomic E-state index is 0.0532. The van der Waals surface area contributed by atoms with Gasteiger partial charge in [0.15, 0.2) is 0 Å². The number of carbonyl (C=O) groups is 1. The maximum Gasteiger partial charge on any atom is 0.270 e. The zero-order chi connectivity index (χ0) is 15.7.